The van der Waals surface area contributed by atoms with Gasteiger partial charge in [0.1, 0.15) is 17.9 Å². The molecule has 3 aromatic rings. The van der Waals surface area contributed by atoms with Crippen LogP contribution < -0.4 is 14.5 Å². The molecular weight excluding hydrogens is 540 g/mol. The fraction of sp³-hybridized carbons (Fsp3) is 0.222. The molecule has 0 bridgehead atoms. The van der Waals surface area contributed by atoms with Crippen molar-refractivity contribution in [2.24, 2.45) is 5.10 Å². The Balaban J connectivity index is 1.68. The second-order valence-corrected chi connectivity index (χ2v) is 11.1. The van der Waals surface area contributed by atoms with Crippen LogP contribution in [0.4, 0.5) is 11.4 Å². The largest absolute Gasteiger partial charge is 0.482 e. The Kier molecular flexibility index (Phi) is 9.56. The van der Waals surface area contributed by atoms with Gasteiger partial charge in [0.05, 0.1) is 16.8 Å². The van der Waals surface area contributed by atoms with Crippen molar-refractivity contribution in [3.05, 3.63) is 94.5 Å². The molecule has 0 unspecified atom stereocenters. The van der Waals surface area contributed by atoms with Gasteiger partial charge in [0.25, 0.3) is 21.6 Å². The van der Waals surface area contributed by atoms with E-state index in [1.54, 1.807) is 63.2 Å². The lowest BCUT2D eigenvalue weighted by Crippen LogP contribution is -2.39. The summed E-state index contributed by atoms with van der Waals surface area (Å²) in [5.41, 5.74) is 1.76. The monoisotopic (exact) mass is 568 g/mol. The summed E-state index contributed by atoms with van der Waals surface area (Å²) in [4.78, 5) is 34.6. The number of sulfonamides is 1. The molecule has 0 aliphatic carbocycles. The quantitative estimate of drug-likeness (QED) is 0.159. The zero-order valence-corrected chi connectivity index (χ0v) is 22.8. The van der Waals surface area contributed by atoms with Crippen molar-refractivity contribution < 1.29 is 32.4 Å². The summed E-state index contributed by atoms with van der Waals surface area (Å²) in [5.74, 6) is -0.861. The number of ether oxygens (including phenoxy) is 2. The van der Waals surface area contributed by atoms with E-state index in [4.69, 9.17) is 9.47 Å². The molecule has 0 heterocycles. The Bertz CT molecular complexity index is 1480. The number of amides is 1. The third-order valence-corrected chi connectivity index (χ3v) is 6.84. The number of para-hydroxylation sites is 2. The van der Waals surface area contributed by atoms with E-state index in [-0.39, 0.29) is 12.3 Å². The number of hydrogen-bond acceptors (Lipinski definition) is 9. The summed E-state index contributed by atoms with van der Waals surface area (Å²) in [6.07, 6.45) is 1.33. The molecule has 3 rings (SSSR count). The molecular formula is C27H28N4O8S. The number of nitrogens with one attached hydrogen (secondary N) is 1. The average molecular weight is 569 g/mol. The highest BCUT2D eigenvalue weighted by molar-refractivity contribution is 7.93. The number of nitro groups is 1. The lowest BCUT2D eigenvalue weighted by molar-refractivity contribution is -0.387. The predicted octanol–water partition coefficient (Wildman–Crippen LogP) is 3.66. The number of anilines is 1. The molecule has 0 atom stereocenters. The van der Waals surface area contributed by atoms with E-state index in [2.05, 4.69) is 10.5 Å². The molecule has 1 N–H and O–H groups in total. The summed E-state index contributed by atoms with van der Waals surface area (Å²) < 4.78 is 38.2. The molecule has 40 heavy (non-hydrogen) atoms. The lowest BCUT2D eigenvalue weighted by atomic mass is 10.2. The molecule has 0 saturated heterocycles. The second kappa shape index (κ2) is 12.8. The van der Waals surface area contributed by atoms with Crippen molar-refractivity contribution >= 4 is 39.5 Å². The second-order valence-electron chi connectivity index (χ2n) is 9.31. The van der Waals surface area contributed by atoms with Crippen LogP contribution in [0.3, 0.4) is 0 Å². The Morgan fingerprint density at radius 1 is 1.00 bits per heavy atom. The van der Waals surface area contributed by atoms with Gasteiger partial charge in [0, 0.05) is 6.07 Å². The van der Waals surface area contributed by atoms with Crippen molar-refractivity contribution in [3.63, 3.8) is 0 Å². The van der Waals surface area contributed by atoms with E-state index in [1.807, 2.05) is 0 Å². The van der Waals surface area contributed by atoms with Gasteiger partial charge in [-0.3, -0.25) is 19.2 Å². The third kappa shape index (κ3) is 8.36. The maximum Gasteiger partial charge on any atom is 0.344 e. The fourth-order valence-corrected chi connectivity index (χ4v) is 4.94. The van der Waals surface area contributed by atoms with Crippen molar-refractivity contribution in [1.29, 1.82) is 0 Å². The van der Waals surface area contributed by atoms with Crippen LogP contribution in [0.25, 0.3) is 0 Å². The van der Waals surface area contributed by atoms with Crippen LogP contribution in [0.1, 0.15) is 26.3 Å². The van der Waals surface area contributed by atoms with E-state index < -0.39 is 49.6 Å². The molecule has 0 spiro atoms. The molecule has 1 amide bonds. The predicted molar refractivity (Wildman–Crippen MR) is 148 cm³/mol. The standard InChI is InChI=1S/C27H28N4O8S/c1-27(2,3)39-26(33)19-38-22-15-13-20(14-16-22)17-28-29-25(32)18-30(21-9-5-4-6-10-21)40(36,37)24-12-8-7-11-23(24)31(34)35/h4-17H,18-19H2,1-3H3,(H,29,32)/b28-17-. The Morgan fingerprint density at radius 2 is 1.62 bits per heavy atom. The van der Waals surface area contributed by atoms with Crippen molar-refractivity contribution in [2.45, 2.75) is 31.3 Å². The normalized spacial score (nSPS) is 11.6. The van der Waals surface area contributed by atoms with Gasteiger partial charge >= 0.3 is 5.97 Å². The summed E-state index contributed by atoms with van der Waals surface area (Å²) in [7, 11) is -4.50. The SMILES string of the molecule is CC(C)(C)OC(=O)COc1ccc(/C=N\NC(=O)CN(c2ccccc2)S(=O)(=O)c2ccccc2[N+](=O)[O-])cc1. The number of carbonyl (C=O) groups is 2. The molecule has 0 fully saturated rings. The molecule has 12 nitrogen and oxygen atoms in total. The maximum absolute atomic E-state index is 13.4. The van der Waals surface area contributed by atoms with Gasteiger partial charge in [0.2, 0.25) is 0 Å². The van der Waals surface area contributed by atoms with Gasteiger partial charge in [-0.1, -0.05) is 30.3 Å². The first-order chi connectivity index (χ1) is 18.9. The molecule has 13 heteroatoms. The molecule has 0 radical (unpaired) electrons. The number of rotatable bonds is 11. The number of benzene rings is 3. The minimum absolute atomic E-state index is 0.141. The summed E-state index contributed by atoms with van der Waals surface area (Å²) in [5, 5.41) is 15.3. The first kappa shape index (κ1) is 29.8. The van der Waals surface area contributed by atoms with Gasteiger partial charge in [-0.2, -0.15) is 5.10 Å². The number of hydrazone groups is 1. The summed E-state index contributed by atoms with van der Waals surface area (Å²) in [6.45, 7) is 4.32. The summed E-state index contributed by atoms with van der Waals surface area (Å²) >= 11 is 0. The maximum atomic E-state index is 13.4. The van der Waals surface area contributed by atoms with Crippen LogP contribution in [-0.4, -0.2) is 50.2 Å². The van der Waals surface area contributed by atoms with E-state index >= 15 is 0 Å². The van der Waals surface area contributed by atoms with Gasteiger partial charge < -0.3 is 9.47 Å². The number of nitrogens with zero attached hydrogens (tertiary/aromatic N) is 3. The Hall–Kier alpha value is -4.78. The zero-order chi connectivity index (χ0) is 29.3. The van der Waals surface area contributed by atoms with Gasteiger partial charge in [-0.15, -0.1) is 0 Å². The van der Waals surface area contributed by atoms with Crippen molar-refractivity contribution in [2.75, 3.05) is 17.5 Å². The van der Waals surface area contributed by atoms with Crippen LogP contribution in [0, 0.1) is 10.1 Å². The molecule has 0 aliphatic rings. The van der Waals surface area contributed by atoms with Crippen LogP contribution >= 0.6 is 0 Å². The Labute approximate surface area is 231 Å². The molecule has 0 saturated carbocycles. The van der Waals surface area contributed by atoms with E-state index in [0.29, 0.717) is 11.3 Å². The van der Waals surface area contributed by atoms with Crippen LogP contribution in [-0.2, 0) is 24.3 Å². The smallest absolute Gasteiger partial charge is 0.344 e. The molecule has 3 aromatic carbocycles. The first-order valence-electron chi connectivity index (χ1n) is 11.9. The molecule has 0 aromatic heterocycles. The number of nitro benzene ring substituents is 1. The topological polar surface area (TPSA) is 158 Å². The minimum Gasteiger partial charge on any atom is -0.482 e. The third-order valence-electron chi connectivity index (χ3n) is 5.02. The van der Waals surface area contributed by atoms with Crippen molar-refractivity contribution in [3.8, 4) is 5.75 Å². The number of carbonyl (C=O) groups excluding carboxylic acids is 2. The molecule has 210 valence electrons. The van der Waals surface area contributed by atoms with Crippen molar-refractivity contribution in [1.82, 2.24) is 5.43 Å². The fourth-order valence-electron chi connectivity index (χ4n) is 3.36. The van der Waals surface area contributed by atoms with Gasteiger partial charge in [-0.25, -0.2) is 18.6 Å². The van der Waals surface area contributed by atoms with Crippen LogP contribution in [0.15, 0.2) is 88.9 Å². The van der Waals surface area contributed by atoms with Gasteiger partial charge in [-0.05, 0) is 68.8 Å². The average Bonchev–Trinajstić information content (AvgIpc) is 2.90. The van der Waals surface area contributed by atoms with E-state index in [1.165, 1.54) is 30.5 Å². The first-order valence-corrected chi connectivity index (χ1v) is 13.4. The summed E-state index contributed by atoms with van der Waals surface area (Å²) in [6, 6.07) is 19.1. The minimum atomic E-state index is -4.50. The molecule has 0 aliphatic heterocycles. The highest BCUT2D eigenvalue weighted by Crippen LogP contribution is 2.29. The van der Waals surface area contributed by atoms with Crippen LogP contribution in [0.2, 0.25) is 0 Å². The Morgan fingerprint density at radius 3 is 2.25 bits per heavy atom. The lowest BCUT2D eigenvalue weighted by Gasteiger charge is -2.23. The van der Waals surface area contributed by atoms with Gasteiger partial charge in [0.15, 0.2) is 11.5 Å². The highest BCUT2D eigenvalue weighted by Gasteiger charge is 2.33. The van der Waals surface area contributed by atoms with Crippen LogP contribution in [0.5, 0.6) is 5.75 Å². The number of esters is 1. The number of hydrogen-bond donors (Lipinski definition) is 1. The zero-order valence-electron chi connectivity index (χ0n) is 22.0. The highest BCUT2D eigenvalue weighted by atomic mass is 32.2. The van der Waals surface area contributed by atoms with E-state index in [9.17, 15) is 28.1 Å². The van der Waals surface area contributed by atoms with E-state index in [0.717, 1.165) is 16.4 Å².